The van der Waals surface area contributed by atoms with Crippen LogP contribution in [0.25, 0.3) is 0 Å². The maximum atomic E-state index is 6.12. The molecular formula is C18H28ClN3OS. The van der Waals surface area contributed by atoms with Crippen LogP contribution in [-0.4, -0.2) is 42.8 Å². The maximum absolute atomic E-state index is 6.12. The highest BCUT2D eigenvalue weighted by Gasteiger charge is 2.19. The number of hydrogen-bond donors (Lipinski definition) is 2. The van der Waals surface area contributed by atoms with Crippen molar-refractivity contribution >= 4 is 34.6 Å². The lowest BCUT2D eigenvalue weighted by atomic mass is 10.00. The molecule has 2 N–H and O–H groups in total. The van der Waals surface area contributed by atoms with E-state index in [2.05, 4.69) is 22.5 Å². The average Bonchev–Trinajstić information content (AvgIpc) is 2.59. The summed E-state index contributed by atoms with van der Waals surface area (Å²) in [6, 6.07) is 6.31. The number of ether oxygens (including phenoxy) is 1. The monoisotopic (exact) mass is 369 g/mol. The van der Waals surface area contributed by atoms with E-state index in [9.17, 15) is 0 Å². The molecule has 1 saturated heterocycles. The van der Waals surface area contributed by atoms with Gasteiger partial charge in [0, 0.05) is 24.8 Å². The van der Waals surface area contributed by atoms with E-state index >= 15 is 0 Å². The summed E-state index contributed by atoms with van der Waals surface area (Å²) in [5.41, 5.74) is 0.861. The Morgan fingerprint density at radius 2 is 2.25 bits per heavy atom. The number of hydrogen-bond acceptors (Lipinski definition) is 3. The average molecular weight is 370 g/mol. The van der Waals surface area contributed by atoms with Gasteiger partial charge in [-0.05, 0) is 62.6 Å². The number of halogens is 1. The van der Waals surface area contributed by atoms with Crippen LogP contribution < -0.4 is 15.4 Å². The maximum Gasteiger partial charge on any atom is 0.170 e. The summed E-state index contributed by atoms with van der Waals surface area (Å²) in [6.07, 6.45) is 6.42. The number of methoxy groups -OCH3 is 1. The third kappa shape index (κ3) is 5.80. The van der Waals surface area contributed by atoms with Crippen LogP contribution in [0.5, 0.6) is 5.75 Å². The lowest BCUT2D eigenvalue weighted by Crippen LogP contribution is -2.40. The van der Waals surface area contributed by atoms with E-state index in [0.717, 1.165) is 31.2 Å². The molecular weight excluding hydrogens is 342 g/mol. The fourth-order valence-electron chi connectivity index (χ4n) is 3.22. The zero-order valence-corrected chi connectivity index (χ0v) is 16.2. The van der Waals surface area contributed by atoms with Crippen molar-refractivity contribution in [1.82, 2.24) is 10.2 Å². The zero-order valence-electron chi connectivity index (χ0n) is 14.6. The van der Waals surface area contributed by atoms with Crippen LogP contribution in [0.3, 0.4) is 0 Å². The molecule has 1 atom stereocenters. The third-order valence-corrected chi connectivity index (χ3v) is 5.08. The van der Waals surface area contributed by atoms with Crippen LogP contribution in [0.2, 0.25) is 5.02 Å². The fraction of sp³-hybridized carbons (Fsp3) is 0.611. The predicted octanol–water partition coefficient (Wildman–Crippen LogP) is 4.29. The smallest absolute Gasteiger partial charge is 0.170 e. The molecule has 1 aromatic rings. The molecule has 4 nitrogen and oxygen atoms in total. The summed E-state index contributed by atoms with van der Waals surface area (Å²) in [5.74, 6) is 0.660. The molecule has 1 aliphatic rings. The van der Waals surface area contributed by atoms with Crippen molar-refractivity contribution in [2.75, 3.05) is 32.1 Å². The molecule has 0 bridgehead atoms. The van der Waals surface area contributed by atoms with Gasteiger partial charge in [-0.2, -0.15) is 0 Å². The molecule has 24 heavy (non-hydrogen) atoms. The number of nitrogens with one attached hydrogen (secondary N) is 2. The number of nitrogens with zero attached hydrogens (tertiary/aromatic N) is 1. The van der Waals surface area contributed by atoms with E-state index in [0.29, 0.717) is 15.9 Å². The van der Waals surface area contributed by atoms with Crippen molar-refractivity contribution in [1.29, 1.82) is 0 Å². The van der Waals surface area contributed by atoms with Crippen LogP contribution >= 0.6 is 23.8 Å². The number of rotatable bonds is 7. The predicted molar refractivity (Wildman–Crippen MR) is 106 cm³/mol. The number of anilines is 1. The van der Waals surface area contributed by atoms with Crippen LogP contribution in [0.4, 0.5) is 5.69 Å². The lowest BCUT2D eigenvalue weighted by Gasteiger charge is -2.35. The largest absolute Gasteiger partial charge is 0.495 e. The van der Waals surface area contributed by atoms with Gasteiger partial charge in [0.05, 0.1) is 12.1 Å². The van der Waals surface area contributed by atoms with Crippen molar-refractivity contribution in [3.05, 3.63) is 23.2 Å². The highest BCUT2D eigenvalue weighted by Crippen LogP contribution is 2.27. The highest BCUT2D eigenvalue weighted by molar-refractivity contribution is 7.80. The molecule has 0 saturated carbocycles. The molecule has 0 unspecified atom stereocenters. The van der Waals surface area contributed by atoms with E-state index in [-0.39, 0.29) is 0 Å². The number of piperidine rings is 1. The van der Waals surface area contributed by atoms with Gasteiger partial charge in [-0.25, -0.2) is 0 Å². The fourth-order valence-corrected chi connectivity index (χ4v) is 3.70. The summed E-state index contributed by atoms with van der Waals surface area (Å²) in [4.78, 5) is 2.63. The van der Waals surface area contributed by atoms with Crippen LogP contribution in [-0.2, 0) is 0 Å². The first-order valence-electron chi connectivity index (χ1n) is 8.76. The third-order valence-electron chi connectivity index (χ3n) is 4.54. The number of likely N-dealkylation sites (tertiary alicyclic amines) is 1. The Labute approximate surface area is 155 Å². The van der Waals surface area contributed by atoms with Gasteiger partial charge in [0.1, 0.15) is 5.75 Å². The Kier molecular flexibility index (Phi) is 8.09. The Hall–Kier alpha value is -1.04. The van der Waals surface area contributed by atoms with E-state index in [4.69, 9.17) is 28.6 Å². The normalized spacial score (nSPS) is 18.2. The second kappa shape index (κ2) is 10.1. The van der Waals surface area contributed by atoms with Gasteiger partial charge in [0.2, 0.25) is 0 Å². The molecule has 0 aromatic heterocycles. The highest BCUT2D eigenvalue weighted by atomic mass is 35.5. The first-order valence-corrected chi connectivity index (χ1v) is 9.55. The molecule has 1 aliphatic heterocycles. The summed E-state index contributed by atoms with van der Waals surface area (Å²) < 4.78 is 5.15. The van der Waals surface area contributed by atoms with Crippen molar-refractivity contribution < 1.29 is 4.74 Å². The van der Waals surface area contributed by atoms with Crippen molar-refractivity contribution in [3.63, 3.8) is 0 Å². The Balaban J connectivity index is 1.68. The van der Waals surface area contributed by atoms with E-state index in [1.807, 2.05) is 18.2 Å². The summed E-state index contributed by atoms with van der Waals surface area (Å²) >= 11 is 11.5. The van der Waals surface area contributed by atoms with Gasteiger partial charge in [0.25, 0.3) is 0 Å². The van der Waals surface area contributed by atoms with Gasteiger partial charge in [0.15, 0.2) is 5.11 Å². The van der Waals surface area contributed by atoms with Gasteiger partial charge >= 0.3 is 0 Å². The van der Waals surface area contributed by atoms with Gasteiger partial charge in [-0.15, -0.1) is 0 Å². The number of benzene rings is 1. The standard InChI is InChI=1S/C18H28ClN3OS/c1-3-15-7-4-5-11-22(15)12-6-10-20-18(24)21-14-8-9-17(23-2)16(19)13-14/h8-9,13,15H,3-7,10-12H2,1-2H3,(H2,20,21,24)/t15-/m1/s1. The molecule has 1 heterocycles. The van der Waals surface area contributed by atoms with E-state index < -0.39 is 0 Å². The van der Waals surface area contributed by atoms with E-state index in [1.165, 1.54) is 32.2 Å². The zero-order chi connectivity index (χ0) is 17.4. The topological polar surface area (TPSA) is 36.5 Å². The van der Waals surface area contributed by atoms with Crippen molar-refractivity contribution in [2.45, 2.75) is 45.1 Å². The first kappa shape index (κ1) is 19.3. The summed E-state index contributed by atoms with van der Waals surface area (Å²) in [5, 5.41) is 7.63. The van der Waals surface area contributed by atoms with Crippen molar-refractivity contribution in [3.8, 4) is 5.75 Å². The summed E-state index contributed by atoms with van der Waals surface area (Å²) in [7, 11) is 1.60. The molecule has 0 radical (unpaired) electrons. The van der Waals surface area contributed by atoms with Crippen molar-refractivity contribution in [2.24, 2.45) is 0 Å². The minimum atomic E-state index is 0.570. The Morgan fingerprint density at radius 3 is 2.96 bits per heavy atom. The second-order valence-corrected chi connectivity index (χ2v) is 6.99. The van der Waals surface area contributed by atoms with Gasteiger partial charge in [-0.3, -0.25) is 0 Å². The Bertz CT molecular complexity index is 541. The first-order chi connectivity index (χ1) is 11.6. The molecule has 2 rings (SSSR count). The minimum absolute atomic E-state index is 0.570. The van der Waals surface area contributed by atoms with Gasteiger partial charge in [-0.1, -0.05) is 24.9 Å². The molecule has 6 heteroatoms. The van der Waals surface area contributed by atoms with Crippen LogP contribution in [0.1, 0.15) is 39.0 Å². The summed E-state index contributed by atoms with van der Waals surface area (Å²) in [6.45, 7) is 5.55. The molecule has 1 aromatic carbocycles. The number of thiocarbonyl (C=S) groups is 1. The molecule has 134 valence electrons. The minimum Gasteiger partial charge on any atom is -0.495 e. The van der Waals surface area contributed by atoms with E-state index in [1.54, 1.807) is 7.11 Å². The molecule has 1 fully saturated rings. The second-order valence-electron chi connectivity index (χ2n) is 6.18. The molecule has 0 spiro atoms. The van der Waals surface area contributed by atoms with Gasteiger partial charge < -0.3 is 20.3 Å². The Morgan fingerprint density at radius 1 is 1.42 bits per heavy atom. The molecule has 0 aliphatic carbocycles. The SMILES string of the molecule is CC[C@@H]1CCCCN1CCCNC(=S)Nc1ccc(OC)c(Cl)c1. The molecule has 0 amide bonds. The van der Waals surface area contributed by atoms with Crippen LogP contribution in [0.15, 0.2) is 18.2 Å². The lowest BCUT2D eigenvalue weighted by molar-refractivity contribution is 0.143. The van der Waals surface area contributed by atoms with Crippen LogP contribution in [0, 0.1) is 0 Å². The quantitative estimate of drug-likeness (QED) is 0.554.